The first kappa shape index (κ1) is 13.8. The Hall–Kier alpha value is -1.65. The maximum absolute atomic E-state index is 6.11. The number of hydrogen-bond donors (Lipinski definition) is 1. The molecule has 1 aromatic heterocycles. The molecule has 0 aliphatic carbocycles. The minimum absolute atomic E-state index is 0.308. The van der Waals surface area contributed by atoms with Crippen molar-refractivity contribution in [1.29, 1.82) is 0 Å². The van der Waals surface area contributed by atoms with Gasteiger partial charge in [-0.2, -0.15) is 4.98 Å². The molecule has 0 atom stereocenters. The van der Waals surface area contributed by atoms with Gasteiger partial charge < -0.3 is 10.1 Å². The summed E-state index contributed by atoms with van der Waals surface area (Å²) in [5.74, 6) is 0.563. The van der Waals surface area contributed by atoms with Gasteiger partial charge >= 0.3 is 6.01 Å². The molecule has 0 aliphatic rings. The van der Waals surface area contributed by atoms with Crippen LogP contribution in [0.5, 0.6) is 11.8 Å². The van der Waals surface area contributed by atoms with E-state index in [1.807, 2.05) is 39.1 Å². The summed E-state index contributed by atoms with van der Waals surface area (Å²) in [4.78, 5) is 8.50. The van der Waals surface area contributed by atoms with Gasteiger partial charge in [0.25, 0.3) is 0 Å². The second-order valence-corrected chi connectivity index (χ2v) is 4.74. The predicted octanol–water partition coefficient (Wildman–Crippen LogP) is 3.26. The molecule has 19 heavy (non-hydrogen) atoms. The van der Waals surface area contributed by atoms with Crippen molar-refractivity contribution in [2.24, 2.45) is 0 Å². The maximum Gasteiger partial charge on any atom is 0.322 e. The van der Waals surface area contributed by atoms with E-state index in [1.54, 1.807) is 6.20 Å². The average Bonchev–Trinajstić information content (AvgIpc) is 2.36. The minimum atomic E-state index is 0.308. The second-order valence-electron chi connectivity index (χ2n) is 4.33. The molecule has 4 nitrogen and oxygen atoms in total. The number of aryl methyl sites for hydroxylation is 2. The van der Waals surface area contributed by atoms with Gasteiger partial charge in [-0.15, -0.1) is 0 Å². The van der Waals surface area contributed by atoms with Gasteiger partial charge in [-0.3, -0.25) is 0 Å². The van der Waals surface area contributed by atoms with Gasteiger partial charge in [0.2, 0.25) is 0 Å². The first-order valence-electron chi connectivity index (χ1n) is 6.01. The largest absolute Gasteiger partial charge is 0.423 e. The summed E-state index contributed by atoms with van der Waals surface area (Å²) in [6.07, 6.45) is 1.76. The Balaban J connectivity index is 2.21. The minimum Gasteiger partial charge on any atom is -0.423 e. The molecule has 1 heterocycles. The van der Waals surface area contributed by atoms with Crippen molar-refractivity contribution < 1.29 is 4.74 Å². The van der Waals surface area contributed by atoms with Gasteiger partial charge in [0.15, 0.2) is 0 Å². The van der Waals surface area contributed by atoms with Crippen LogP contribution in [0.3, 0.4) is 0 Å². The van der Waals surface area contributed by atoms with Gasteiger partial charge in [0, 0.05) is 24.0 Å². The molecule has 2 rings (SSSR count). The van der Waals surface area contributed by atoms with Crippen LogP contribution in [-0.4, -0.2) is 17.0 Å². The van der Waals surface area contributed by atoms with Gasteiger partial charge in [-0.05, 0) is 38.6 Å². The fourth-order valence-corrected chi connectivity index (χ4v) is 1.94. The van der Waals surface area contributed by atoms with Crippen molar-refractivity contribution in [3.8, 4) is 11.8 Å². The third-order valence-electron chi connectivity index (χ3n) is 2.71. The van der Waals surface area contributed by atoms with Crippen molar-refractivity contribution in [2.45, 2.75) is 20.4 Å². The number of aromatic nitrogens is 2. The van der Waals surface area contributed by atoms with Crippen LogP contribution in [0.2, 0.25) is 5.02 Å². The molecule has 0 unspecified atom stereocenters. The van der Waals surface area contributed by atoms with Crippen LogP contribution in [0, 0.1) is 13.8 Å². The molecule has 0 amide bonds. The summed E-state index contributed by atoms with van der Waals surface area (Å²) in [6.45, 7) is 4.64. The Labute approximate surface area is 117 Å². The molecule has 1 aromatic carbocycles. The molecule has 1 N–H and O–H groups in total. The normalized spacial score (nSPS) is 10.5. The van der Waals surface area contributed by atoms with Crippen molar-refractivity contribution in [3.05, 3.63) is 46.2 Å². The van der Waals surface area contributed by atoms with E-state index in [-0.39, 0.29) is 0 Å². The third kappa shape index (κ3) is 3.43. The highest BCUT2D eigenvalue weighted by Gasteiger charge is 2.07. The van der Waals surface area contributed by atoms with Crippen molar-refractivity contribution >= 4 is 11.6 Å². The number of benzene rings is 1. The molecule has 0 bridgehead atoms. The van der Waals surface area contributed by atoms with E-state index in [0.717, 1.165) is 23.4 Å². The average molecular weight is 278 g/mol. The summed E-state index contributed by atoms with van der Waals surface area (Å²) in [6, 6.07) is 5.91. The molecular weight excluding hydrogens is 262 g/mol. The monoisotopic (exact) mass is 277 g/mol. The van der Waals surface area contributed by atoms with Crippen LogP contribution >= 0.6 is 11.6 Å². The Morgan fingerprint density at radius 1 is 1.32 bits per heavy atom. The highest BCUT2D eigenvalue weighted by molar-refractivity contribution is 6.32. The first-order chi connectivity index (χ1) is 9.10. The van der Waals surface area contributed by atoms with Crippen LogP contribution in [0.1, 0.15) is 16.8 Å². The Morgan fingerprint density at radius 2 is 2.11 bits per heavy atom. The summed E-state index contributed by atoms with van der Waals surface area (Å²) in [7, 11) is 1.88. The highest BCUT2D eigenvalue weighted by Crippen LogP contribution is 2.28. The van der Waals surface area contributed by atoms with E-state index in [2.05, 4.69) is 15.3 Å². The van der Waals surface area contributed by atoms with Crippen LogP contribution in [0.4, 0.5) is 0 Å². The molecular formula is C14H16ClN3O. The molecule has 0 saturated heterocycles. The smallest absolute Gasteiger partial charge is 0.322 e. The van der Waals surface area contributed by atoms with Crippen LogP contribution in [-0.2, 0) is 6.54 Å². The van der Waals surface area contributed by atoms with Crippen molar-refractivity contribution in [3.63, 3.8) is 0 Å². The Bertz CT molecular complexity index is 587. The quantitative estimate of drug-likeness (QED) is 0.932. The lowest BCUT2D eigenvalue weighted by Gasteiger charge is -2.09. The number of hydrogen-bond acceptors (Lipinski definition) is 4. The molecule has 2 aromatic rings. The zero-order valence-corrected chi connectivity index (χ0v) is 12.0. The van der Waals surface area contributed by atoms with E-state index >= 15 is 0 Å². The summed E-state index contributed by atoms with van der Waals surface area (Å²) in [5, 5.41) is 3.62. The molecule has 0 fully saturated rings. The fourth-order valence-electron chi connectivity index (χ4n) is 1.67. The van der Waals surface area contributed by atoms with Gasteiger partial charge in [-0.25, -0.2) is 4.98 Å². The lowest BCUT2D eigenvalue weighted by molar-refractivity contribution is 0.439. The van der Waals surface area contributed by atoms with E-state index in [9.17, 15) is 0 Å². The standard InChI is InChI=1S/C14H16ClN3O/c1-9-4-5-13(12(15)6-9)19-14-17-8-11(7-16-3)10(2)18-14/h4-6,8,16H,7H2,1-3H3. The molecule has 100 valence electrons. The lowest BCUT2D eigenvalue weighted by atomic mass is 10.2. The molecule has 0 saturated carbocycles. The van der Waals surface area contributed by atoms with Crippen LogP contribution < -0.4 is 10.1 Å². The molecule has 0 aliphatic heterocycles. The van der Waals surface area contributed by atoms with Gasteiger partial charge in [0.05, 0.1) is 5.02 Å². The predicted molar refractivity (Wildman–Crippen MR) is 75.8 cm³/mol. The summed E-state index contributed by atoms with van der Waals surface area (Å²) >= 11 is 6.11. The number of rotatable bonds is 4. The number of nitrogens with zero attached hydrogens (tertiary/aromatic N) is 2. The van der Waals surface area contributed by atoms with Crippen molar-refractivity contribution in [2.75, 3.05) is 7.05 Å². The van der Waals surface area contributed by atoms with E-state index in [0.29, 0.717) is 16.8 Å². The van der Waals surface area contributed by atoms with Crippen molar-refractivity contribution in [1.82, 2.24) is 15.3 Å². The fraction of sp³-hybridized carbons (Fsp3) is 0.286. The van der Waals surface area contributed by atoms with Gasteiger partial charge in [0.1, 0.15) is 5.75 Å². The van der Waals surface area contributed by atoms with Crippen LogP contribution in [0.15, 0.2) is 24.4 Å². The number of halogens is 1. The molecule has 0 spiro atoms. The lowest BCUT2D eigenvalue weighted by Crippen LogP contribution is -2.08. The number of nitrogens with one attached hydrogen (secondary N) is 1. The van der Waals surface area contributed by atoms with Crippen LogP contribution in [0.25, 0.3) is 0 Å². The zero-order chi connectivity index (χ0) is 13.8. The van der Waals surface area contributed by atoms with Gasteiger partial charge in [-0.1, -0.05) is 17.7 Å². The van der Waals surface area contributed by atoms with E-state index in [1.165, 1.54) is 0 Å². The summed E-state index contributed by atoms with van der Waals surface area (Å²) in [5.41, 5.74) is 3.02. The number of ether oxygens (including phenoxy) is 1. The van der Waals surface area contributed by atoms with E-state index < -0.39 is 0 Å². The summed E-state index contributed by atoms with van der Waals surface area (Å²) < 4.78 is 5.60. The SMILES string of the molecule is CNCc1cnc(Oc2ccc(C)cc2Cl)nc1C. The Kier molecular flexibility index (Phi) is 4.35. The first-order valence-corrected chi connectivity index (χ1v) is 6.39. The molecule has 0 radical (unpaired) electrons. The molecule has 5 heteroatoms. The topological polar surface area (TPSA) is 47.0 Å². The maximum atomic E-state index is 6.11. The zero-order valence-electron chi connectivity index (χ0n) is 11.2. The third-order valence-corrected chi connectivity index (χ3v) is 3.01. The Morgan fingerprint density at radius 3 is 2.74 bits per heavy atom. The van der Waals surface area contributed by atoms with E-state index in [4.69, 9.17) is 16.3 Å². The second kappa shape index (κ2) is 5.99. The highest BCUT2D eigenvalue weighted by atomic mass is 35.5.